The average Bonchev–Trinajstić information content (AvgIpc) is 3.62. The number of methoxy groups -OCH3 is 1. The number of anilines is 1. The van der Waals surface area contributed by atoms with Crippen molar-refractivity contribution in [2.45, 2.75) is 36.5 Å². The van der Waals surface area contributed by atoms with Gasteiger partial charge in [0, 0.05) is 50.4 Å². The van der Waals surface area contributed by atoms with E-state index in [2.05, 4.69) is 20.6 Å². The van der Waals surface area contributed by atoms with Crippen LogP contribution >= 0.6 is 23.2 Å². The average molecular weight is 651 g/mol. The quantitative estimate of drug-likeness (QED) is 0.312. The highest BCUT2D eigenvalue weighted by Crippen LogP contribution is 2.31. The zero-order valence-electron chi connectivity index (χ0n) is 23.9. The van der Waals surface area contributed by atoms with Crippen molar-refractivity contribution >= 4 is 58.5 Å². The number of hydrogen-bond donors (Lipinski definition) is 3. The number of β-amino-alcohol motifs (C(OH)–C–C–N with tert-alkyl or cyclic N) is 1. The molecular formula is C29H30Cl2F2N6O5. The van der Waals surface area contributed by atoms with Gasteiger partial charge < -0.3 is 30.3 Å². The van der Waals surface area contributed by atoms with Crippen molar-refractivity contribution in [2.75, 3.05) is 45.2 Å². The molecule has 1 unspecified atom stereocenters. The molecule has 0 aromatic heterocycles. The molecule has 11 nitrogen and oxygen atoms in total. The van der Waals surface area contributed by atoms with Crippen molar-refractivity contribution in [2.24, 2.45) is 9.98 Å². The molecular weight excluding hydrogens is 621 g/mol. The number of ether oxygens (including phenoxy) is 1. The molecule has 3 aliphatic rings. The SMILES string of the molecule is CC[C@@]1(O)CN[C@H](C(=O)N2CCN(C(=O)c3ccc(NC(=O)C4(Cl)N=CC(c5ccc(OC)c(F)c5F)=N4)cc3Cl)CC2)C1. The predicted molar refractivity (Wildman–Crippen MR) is 161 cm³/mol. The van der Waals surface area contributed by atoms with Crippen LogP contribution in [0.1, 0.15) is 35.7 Å². The fraction of sp³-hybridized carbons (Fsp3) is 0.414. The van der Waals surface area contributed by atoms with E-state index < -0.39 is 34.3 Å². The highest BCUT2D eigenvalue weighted by molar-refractivity contribution is 6.46. The van der Waals surface area contributed by atoms with E-state index in [1.54, 1.807) is 9.80 Å². The standard InChI is InChI=1S/C29H30Cl2F2N6O5/c1-3-28(43)13-20(34-15-28)26(41)39-10-8-38(9-11-39)25(40)17-5-4-16(12-19(17)30)36-27(42)29(31)35-14-21(37-29)18-6-7-22(44-2)24(33)23(18)32/h4-7,12,14,20,34,43H,3,8-11,13,15H2,1-2H3,(H,36,42)/t20-,28-,29?/m0/s1. The van der Waals surface area contributed by atoms with Gasteiger partial charge in [-0.1, -0.05) is 30.1 Å². The van der Waals surface area contributed by atoms with E-state index in [1.807, 2.05) is 6.92 Å². The van der Waals surface area contributed by atoms with Gasteiger partial charge in [0.25, 0.3) is 11.8 Å². The Morgan fingerprint density at radius 2 is 1.84 bits per heavy atom. The van der Waals surface area contributed by atoms with Crippen LogP contribution in [0.15, 0.2) is 40.3 Å². The third kappa shape index (κ3) is 6.14. The minimum atomic E-state index is -2.18. The van der Waals surface area contributed by atoms with E-state index in [-0.39, 0.29) is 45.1 Å². The summed E-state index contributed by atoms with van der Waals surface area (Å²) in [4.78, 5) is 50.2. The normalized spacial score (nSPS) is 24.8. The fourth-order valence-corrected chi connectivity index (χ4v) is 5.72. The number of piperazine rings is 1. The van der Waals surface area contributed by atoms with Gasteiger partial charge in [-0.3, -0.25) is 14.4 Å². The van der Waals surface area contributed by atoms with Gasteiger partial charge in [-0.25, -0.2) is 14.4 Å². The monoisotopic (exact) mass is 650 g/mol. The van der Waals surface area contributed by atoms with E-state index in [9.17, 15) is 28.3 Å². The maximum atomic E-state index is 14.5. The molecule has 0 spiro atoms. The molecule has 2 aromatic carbocycles. The number of benzene rings is 2. The summed E-state index contributed by atoms with van der Waals surface area (Å²) in [7, 11) is 1.20. The van der Waals surface area contributed by atoms with Crippen LogP contribution in [0.3, 0.4) is 0 Å². The Morgan fingerprint density at radius 1 is 1.14 bits per heavy atom. The van der Waals surface area contributed by atoms with Gasteiger partial charge in [0.2, 0.25) is 11.7 Å². The smallest absolute Gasteiger partial charge is 0.307 e. The lowest BCUT2D eigenvalue weighted by Crippen LogP contribution is -2.54. The highest BCUT2D eigenvalue weighted by Gasteiger charge is 2.42. The second-order valence-electron chi connectivity index (χ2n) is 10.8. The Bertz CT molecular complexity index is 1570. The summed E-state index contributed by atoms with van der Waals surface area (Å²) in [5.74, 6) is -4.06. The molecule has 0 bridgehead atoms. The van der Waals surface area contributed by atoms with Gasteiger partial charge >= 0.3 is 5.12 Å². The molecule has 0 radical (unpaired) electrons. The third-order valence-electron chi connectivity index (χ3n) is 8.01. The number of halogens is 4. The first-order valence-electron chi connectivity index (χ1n) is 13.9. The first kappa shape index (κ1) is 31.8. The van der Waals surface area contributed by atoms with Crippen LogP contribution in [0.25, 0.3) is 0 Å². The molecule has 234 valence electrons. The summed E-state index contributed by atoms with van der Waals surface area (Å²) in [5, 5.41) is 13.9. The minimum Gasteiger partial charge on any atom is -0.494 e. The minimum absolute atomic E-state index is 0.0684. The largest absolute Gasteiger partial charge is 0.494 e. The van der Waals surface area contributed by atoms with Gasteiger partial charge in [-0.2, -0.15) is 4.39 Å². The van der Waals surface area contributed by atoms with Gasteiger partial charge in [0.15, 0.2) is 11.6 Å². The lowest BCUT2D eigenvalue weighted by Gasteiger charge is -2.36. The molecule has 0 saturated carbocycles. The topological polar surface area (TPSA) is 136 Å². The number of alkyl halides is 1. The van der Waals surface area contributed by atoms with E-state index in [1.165, 1.54) is 37.4 Å². The second-order valence-corrected chi connectivity index (χ2v) is 11.7. The molecule has 3 N–H and O–H groups in total. The maximum Gasteiger partial charge on any atom is 0.307 e. The highest BCUT2D eigenvalue weighted by atomic mass is 35.5. The summed E-state index contributed by atoms with van der Waals surface area (Å²) >= 11 is 12.7. The van der Waals surface area contributed by atoms with E-state index in [0.717, 1.165) is 6.21 Å². The van der Waals surface area contributed by atoms with Crippen LogP contribution in [-0.2, 0) is 9.59 Å². The Balaban J connectivity index is 1.19. The van der Waals surface area contributed by atoms with Gasteiger partial charge in [-0.05, 0) is 36.8 Å². The summed E-state index contributed by atoms with van der Waals surface area (Å²) < 4.78 is 33.4. The molecule has 3 heterocycles. The molecule has 44 heavy (non-hydrogen) atoms. The number of aliphatic imine (C=N–C) groups is 2. The van der Waals surface area contributed by atoms with Crippen LogP contribution in [0, 0.1) is 11.6 Å². The van der Waals surface area contributed by atoms with Gasteiger partial charge in [0.05, 0.1) is 41.3 Å². The molecule has 3 atom stereocenters. The number of rotatable bonds is 7. The lowest BCUT2D eigenvalue weighted by atomic mass is 9.97. The maximum absolute atomic E-state index is 14.5. The molecule has 3 amide bonds. The van der Waals surface area contributed by atoms with Crippen molar-refractivity contribution in [1.29, 1.82) is 0 Å². The Kier molecular flexibility index (Phi) is 8.94. The molecule has 2 saturated heterocycles. The van der Waals surface area contributed by atoms with Crippen LogP contribution in [0.4, 0.5) is 14.5 Å². The van der Waals surface area contributed by atoms with Crippen LogP contribution < -0.4 is 15.4 Å². The lowest BCUT2D eigenvalue weighted by molar-refractivity contribution is -0.135. The molecule has 5 rings (SSSR count). The first-order chi connectivity index (χ1) is 20.9. The number of carbonyl (C=O) groups is 3. The van der Waals surface area contributed by atoms with E-state index >= 15 is 0 Å². The number of hydrogen-bond acceptors (Lipinski definition) is 8. The molecule has 2 fully saturated rings. The number of aliphatic hydroxyl groups is 1. The second kappa shape index (κ2) is 12.4. The van der Waals surface area contributed by atoms with Crippen molar-refractivity contribution in [3.8, 4) is 5.75 Å². The zero-order valence-corrected chi connectivity index (χ0v) is 25.4. The number of nitrogens with one attached hydrogen (secondary N) is 2. The number of nitrogens with zero attached hydrogens (tertiary/aromatic N) is 4. The van der Waals surface area contributed by atoms with Crippen LogP contribution in [0.5, 0.6) is 5.75 Å². The molecule has 3 aliphatic heterocycles. The Labute approximate surface area is 261 Å². The summed E-state index contributed by atoms with van der Waals surface area (Å²) in [5.41, 5.74) is -0.882. The van der Waals surface area contributed by atoms with Crippen molar-refractivity contribution in [3.63, 3.8) is 0 Å². The van der Waals surface area contributed by atoms with Crippen molar-refractivity contribution in [3.05, 3.63) is 58.1 Å². The molecule has 2 aromatic rings. The zero-order chi connectivity index (χ0) is 31.8. The van der Waals surface area contributed by atoms with Gasteiger partial charge in [-0.15, -0.1) is 0 Å². The van der Waals surface area contributed by atoms with Crippen molar-refractivity contribution in [1.82, 2.24) is 15.1 Å². The first-order valence-corrected chi connectivity index (χ1v) is 14.6. The van der Waals surface area contributed by atoms with Crippen LogP contribution in [0.2, 0.25) is 5.02 Å². The Hall–Kier alpha value is -3.65. The summed E-state index contributed by atoms with van der Waals surface area (Å²) in [6.45, 7) is 3.53. The number of carbonyl (C=O) groups excluding carboxylic acids is 3. The van der Waals surface area contributed by atoms with E-state index in [4.69, 9.17) is 27.9 Å². The number of amides is 3. The predicted octanol–water partition coefficient (Wildman–Crippen LogP) is 2.82. The van der Waals surface area contributed by atoms with Crippen molar-refractivity contribution < 1.29 is 33.0 Å². The molecule has 0 aliphatic carbocycles. The molecule has 15 heteroatoms. The third-order valence-corrected chi connectivity index (χ3v) is 8.68. The van der Waals surface area contributed by atoms with Gasteiger partial charge in [0.1, 0.15) is 0 Å². The fourth-order valence-electron chi connectivity index (χ4n) is 5.27. The van der Waals surface area contributed by atoms with Crippen LogP contribution in [-0.4, -0.2) is 101 Å². The summed E-state index contributed by atoms with van der Waals surface area (Å²) in [6.07, 6.45) is 1.97. The Morgan fingerprint density at radius 3 is 2.48 bits per heavy atom. The van der Waals surface area contributed by atoms with E-state index in [0.29, 0.717) is 45.6 Å². The summed E-state index contributed by atoms with van der Waals surface area (Å²) in [6, 6.07) is 6.27.